The van der Waals surface area contributed by atoms with Gasteiger partial charge in [-0.15, -0.1) is 11.3 Å². The molecule has 9 heteroatoms. The van der Waals surface area contributed by atoms with Gasteiger partial charge in [-0.05, 0) is 69.4 Å². The molecule has 1 aliphatic rings. The fourth-order valence-electron chi connectivity index (χ4n) is 4.12. The number of nitrogens with zero attached hydrogens (tertiary/aromatic N) is 3. The van der Waals surface area contributed by atoms with E-state index in [0.29, 0.717) is 0 Å². The quantitative estimate of drug-likeness (QED) is 0.393. The lowest BCUT2D eigenvalue weighted by Gasteiger charge is -2.10. The van der Waals surface area contributed by atoms with Crippen molar-refractivity contribution in [2.24, 2.45) is 5.10 Å². The predicted molar refractivity (Wildman–Crippen MR) is 121 cm³/mol. The van der Waals surface area contributed by atoms with Gasteiger partial charge in [0, 0.05) is 27.4 Å². The smallest absolute Gasteiger partial charge is 0.308 e. The topological polar surface area (TPSA) is 70.2 Å². The van der Waals surface area contributed by atoms with Crippen molar-refractivity contribution in [3.05, 3.63) is 74.4 Å². The molecule has 4 rings (SSSR count). The van der Waals surface area contributed by atoms with Crippen LogP contribution in [-0.2, 0) is 19.0 Å². The SMILES string of the molecule is Cc1cc(/C=N\NC(=O)c2cccc(C(F)(F)F)c2)c(C)n1-c1sc2c(c1C#N)CCCC2. The number of carbonyl (C=O) groups is 1. The van der Waals surface area contributed by atoms with Crippen LogP contribution in [0.3, 0.4) is 0 Å². The number of hydrazone groups is 1. The van der Waals surface area contributed by atoms with E-state index in [1.807, 2.05) is 24.5 Å². The van der Waals surface area contributed by atoms with Crippen LogP contribution in [0.5, 0.6) is 0 Å². The van der Waals surface area contributed by atoms with E-state index >= 15 is 0 Å². The highest BCUT2D eigenvalue weighted by Crippen LogP contribution is 2.38. The second-order valence-corrected chi connectivity index (χ2v) is 9.03. The molecule has 0 bridgehead atoms. The van der Waals surface area contributed by atoms with Crippen molar-refractivity contribution in [2.45, 2.75) is 45.7 Å². The first-order valence-corrected chi connectivity index (χ1v) is 11.3. The van der Waals surface area contributed by atoms with Gasteiger partial charge in [-0.25, -0.2) is 5.43 Å². The molecule has 0 saturated carbocycles. The van der Waals surface area contributed by atoms with Crippen molar-refractivity contribution in [3.8, 4) is 11.1 Å². The zero-order chi connectivity index (χ0) is 23.8. The standard InChI is InChI=1S/C24H21F3N4OS/c1-14-10-17(13-29-30-22(32)16-6-5-7-18(11-16)24(25,26)27)15(2)31(14)23-20(12-28)19-8-3-4-9-21(19)33-23/h5-7,10-11,13H,3-4,8-9H2,1-2H3,(H,30,32)/b29-13-. The van der Waals surface area contributed by atoms with E-state index in [-0.39, 0.29) is 5.56 Å². The van der Waals surface area contributed by atoms with Crippen LogP contribution in [0.4, 0.5) is 13.2 Å². The van der Waals surface area contributed by atoms with E-state index in [9.17, 15) is 23.2 Å². The summed E-state index contributed by atoms with van der Waals surface area (Å²) in [6.45, 7) is 3.84. The van der Waals surface area contributed by atoms with Gasteiger partial charge in [-0.3, -0.25) is 4.79 Å². The fourth-order valence-corrected chi connectivity index (χ4v) is 5.57. The van der Waals surface area contributed by atoms with Gasteiger partial charge in [0.15, 0.2) is 0 Å². The van der Waals surface area contributed by atoms with Gasteiger partial charge < -0.3 is 4.57 Å². The van der Waals surface area contributed by atoms with E-state index in [0.717, 1.165) is 70.9 Å². The van der Waals surface area contributed by atoms with Gasteiger partial charge in [0.05, 0.1) is 17.3 Å². The first-order chi connectivity index (χ1) is 15.7. The van der Waals surface area contributed by atoms with Gasteiger partial charge in [-0.2, -0.15) is 23.5 Å². The van der Waals surface area contributed by atoms with E-state index in [4.69, 9.17) is 0 Å². The molecule has 33 heavy (non-hydrogen) atoms. The van der Waals surface area contributed by atoms with E-state index in [2.05, 4.69) is 16.6 Å². The van der Waals surface area contributed by atoms with Crippen LogP contribution in [0.15, 0.2) is 35.4 Å². The molecule has 0 radical (unpaired) electrons. The number of rotatable bonds is 4. The van der Waals surface area contributed by atoms with Gasteiger partial charge in [-0.1, -0.05) is 6.07 Å². The lowest BCUT2D eigenvalue weighted by Crippen LogP contribution is -2.18. The minimum atomic E-state index is -4.53. The Morgan fingerprint density at radius 1 is 1.24 bits per heavy atom. The van der Waals surface area contributed by atoms with E-state index < -0.39 is 17.6 Å². The summed E-state index contributed by atoms with van der Waals surface area (Å²) in [5, 5.41) is 14.6. The Morgan fingerprint density at radius 3 is 2.73 bits per heavy atom. The van der Waals surface area contributed by atoms with Gasteiger partial charge in [0.25, 0.3) is 5.91 Å². The average molecular weight is 471 g/mol. The molecule has 0 atom stereocenters. The van der Waals surface area contributed by atoms with Crippen molar-refractivity contribution in [1.29, 1.82) is 5.26 Å². The molecule has 0 aliphatic heterocycles. The lowest BCUT2D eigenvalue weighted by atomic mass is 9.96. The summed E-state index contributed by atoms with van der Waals surface area (Å²) in [6, 6.07) is 8.46. The molecule has 2 heterocycles. The third kappa shape index (κ3) is 4.44. The molecular weight excluding hydrogens is 449 g/mol. The molecule has 1 aromatic carbocycles. The normalized spacial score (nSPS) is 13.7. The number of hydrogen-bond donors (Lipinski definition) is 1. The first-order valence-electron chi connectivity index (χ1n) is 10.5. The van der Waals surface area contributed by atoms with Gasteiger partial charge in [0.1, 0.15) is 11.1 Å². The highest BCUT2D eigenvalue weighted by Gasteiger charge is 2.31. The number of aryl methyl sites for hydroxylation is 2. The second-order valence-electron chi connectivity index (χ2n) is 7.94. The van der Waals surface area contributed by atoms with Gasteiger partial charge >= 0.3 is 6.18 Å². The molecule has 1 N–H and O–H groups in total. The fraction of sp³-hybridized carbons (Fsp3) is 0.292. The molecular formula is C24H21F3N4OS. The van der Waals surface area contributed by atoms with Crippen LogP contribution in [-0.4, -0.2) is 16.7 Å². The number of hydrogen-bond acceptors (Lipinski definition) is 4. The molecule has 3 aromatic rings. The number of nitriles is 1. The summed E-state index contributed by atoms with van der Waals surface area (Å²) in [6.07, 6.45) is 1.06. The Bertz CT molecular complexity index is 1290. The molecule has 1 aliphatic carbocycles. The van der Waals surface area contributed by atoms with Crippen molar-refractivity contribution >= 4 is 23.5 Å². The molecule has 0 fully saturated rings. The number of amides is 1. The van der Waals surface area contributed by atoms with Crippen LogP contribution >= 0.6 is 11.3 Å². The number of fused-ring (bicyclic) bond motifs is 1. The zero-order valence-electron chi connectivity index (χ0n) is 18.1. The Kier molecular flexibility index (Phi) is 6.13. The summed E-state index contributed by atoms with van der Waals surface area (Å²) in [7, 11) is 0. The number of alkyl halides is 3. The van der Waals surface area contributed by atoms with Crippen molar-refractivity contribution in [2.75, 3.05) is 0 Å². The van der Waals surface area contributed by atoms with Crippen LogP contribution < -0.4 is 5.43 Å². The summed E-state index contributed by atoms with van der Waals surface area (Å²) in [4.78, 5) is 13.5. The molecule has 5 nitrogen and oxygen atoms in total. The number of thiophene rings is 1. The second kappa shape index (κ2) is 8.87. The Hall–Kier alpha value is -3.38. The maximum Gasteiger partial charge on any atom is 0.416 e. The largest absolute Gasteiger partial charge is 0.416 e. The summed E-state index contributed by atoms with van der Waals surface area (Å²) < 4.78 is 40.7. The number of aromatic nitrogens is 1. The van der Waals surface area contributed by atoms with Crippen molar-refractivity contribution < 1.29 is 18.0 Å². The van der Waals surface area contributed by atoms with Crippen LogP contribution in [0.2, 0.25) is 0 Å². The number of halogens is 3. The average Bonchev–Trinajstić information content (AvgIpc) is 3.28. The number of benzene rings is 1. The Balaban J connectivity index is 1.57. The first kappa shape index (κ1) is 22.8. The summed E-state index contributed by atoms with van der Waals surface area (Å²) >= 11 is 1.64. The molecule has 2 aromatic heterocycles. The number of carbonyl (C=O) groups excluding carboxylic acids is 1. The highest BCUT2D eigenvalue weighted by atomic mass is 32.1. The van der Waals surface area contributed by atoms with Crippen LogP contribution in [0.25, 0.3) is 5.00 Å². The Morgan fingerprint density at radius 2 is 2.00 bits per heavy atom. The molecule has 0 spiro atoms. The van der Waals surface area contributed by atoms with Crippen molar-refractivity contribution in [3.63, 3.8) is 0 Å². The monoisotopic (exact) mass is 470 g/mol. The predicted octanol–water partition coefficient (Wildman–Crippen LogP) is 5.69. The lowest BCUT2D eigenvalue weighted by molar-refractivity contribution is -0.137. The third-order valence-electron chi connectivity index (χ3n) is 5.76. The van der Waals surface area contributed by atoms with Gasteiger partial charge in [0.2, 0.25) is 0 Å². The van der Waals surface area contributed by atoms with Crippen LogP contribution in [0.1, 0.15) is 61.7 Å². The summed E-state index contributed by atoms with van der Waals surface area (Å²) in [5.74, 6) is -0.733. The van der Waals surface area contributed by atoms with Crippen LogP contribution in [0, 0.1) is 25.2 Å². The summed E-state index contributed by atoms with van der Waals surface area (Å²) in [5.41, 5.74) is 5.67. The molecule has 0 saturated heterocycles. The third-order valence-corrected chi connectivity index (χ3v) is 7.04. The maximum atomic E-state index is 12.9. The minimum Gasteiger partial charge on any atom is -0.308 e. The maximum absolute atomic E-state index is 12.9. The highest BCUT2D eigenvalue weighted by molar-refractivity contribution is 7.15. The minimum absolute atomic E-state index is 0.129. The van der Waals surface area contributed by atoms with E-state index in [1.165, 1.54) is 23.2 Å². The molecule has 1 amide bonds. The van der Waals surface area contributed by atoms with E-state index in [1.54, 1.807) is 11.3 Å². The molecule has 170 valence electrons. The zero-order valence-corrected chi connectivity index (χ0v) is 18.9. The number of nitrogens with one attached hydrogen (secondary N) is 1. The van der Waals surface area contributed by atoms with Crippen molar-refractivity contribution in [1.82, 2.24) is 9.99 Å². The Labute approximate surface area is 193 Å². The molecule has 0 unspecified atom stereocenters.